The van der Waals surface area contributed by atoms with Crippen molar-refractivity contribution in [3.8, 4) is 0 Å². The summed E-state index contributed by atoms with van der Waals surface area (Å²) in [6.45, 7) is 6.45. The van der Waals surface area contributed by atoms with Crippen LogP contribution in [0.5, 0.6) is 0 Å². The van der Waals surface area contributed by atoms with Gasteiger partial charge in [0, 0.05) is 12.4 Å². The van der Waals surface area contributed by atoms with E-state index < -0.39 is 0 Å². The van der Waals surface area contributed by atoms with Gasteiger partial charge in [-0.1, -0.05) is 0 Å². The van der Waals surface area contributed by atoms with Gasteiger partial charge in [0.2, 0.25) is 5.95 Å². The van der Waals surface area contributed by atoms with E-state index in [2.05, 4.69) is 4.98 Å². The van der Waals surface area contributed by atoms with Crippen molar-refractivity contribution in [2.75, 3.05) is 5.73 Å². The summed E-state index contributed by atoms with van der Waals surface area (Å²) in [5.74, 6) is 0.485. The van der Waals surface area contributed by atoms with Crippen LogP contribution in [0.4, 0.5) is 5.95 Å². The molecule has 0 saturated carbocycles. The molecule has 0 bridgehead atoms. The second-order valence-electron chi connectivity index (χ2n) is 3.64. The maximum Gasteiger partial charge on any atom is 0.202 e. The quantitative estimate of drug-likeness (QED) is 0.724. The number of hydrogen-bond donors (Lipinski definition) is 1. The molecule has 0 aliphatic rings. The molecule has 0 unspecified atom stereocenters. The fourth-order valence-electron chi connectivity index (χ4n) is 0.713. The molecule has 0 amide bonds. The molecule has 12 heavy (non-hydrogen) atoms. The first kappa shape index (κ1) is 9.06. The van der Waals surface area contributed by atoms with Crippen molar-refractivity contribution >= 4 is 5.95 Å². The fraction of sp³-hybridized carbons (Fsp3) is 0.625. The first-order valence-electron chi connectivity index (χ1n) is 3.89. The molecule has 0 aromatic carbocycles. The third-order valence-corrected chi connectivity index (χ3v) is 1.38. The Morgan fingerprint density at radius 2 is 2.25 bits per heavy atom. The summed E-state index contributed by atoms with van der Waals surface area (Å²) in [6, 6.07) is 0. The molecule has 2 N–H and O–H groups in total. The highest BCUT2D eigenvalue weighted by molar-refractivity contribution is 5.15. The van der Waals surface area contributed by atoms with Crippen LogP contribution in [0.2, 0.25) is 0 Å². The van der Waals surface area contributed by atoms with Gasteiger partial charge in [0.15, 0.2) is 0 Å². The van der Waals surface area contributed by atoms with Crippen molar-refractivity contribution in [2.24, 2.45) is 0 Å². The molecule has 1 aromatic heterocycles. The third kappa shape index (κ3) is 2.54. The van der Waals surface area contributed by atoms with Gasteiger partial charge in [-0.25, -0.2) is 4.98 Å². The molecular weight excluding hydrogens is 154 g/mol. The molecule has 0 aliphatic carbocycles. The predicted molar refractivity (Wildman–Crippen MR) is 47.5 cm³/mol. The van der Waals surface area contributed by atoms with Crippen molar-refractivity contribution < 1.29 is 4.74 Å². The normalized spacial score (nSPS) is 11.9. The summed E-state index contributed by atoms with van der Waals surface area (Å²) in [6.07, 6.45) is 3.45. The Morgan fingerprint density at radius 3 is 2.67 bits per heavy atom. The van der Waals surface area contributed by atoms with Gasteiger partial charge in [-0.3, -0.25) is 4.57 Å². The van der Waals surface area contributed by atoms with E-state index in [-0.39, 0.29) is 5.60 Å². The van der Waals surface area contributed by atoms with Crippen LogP contribution in [0.15, 0.2) is 12.4 Å². The van der Waals surface area contributed by atoms with Gasteiger partial charge in [-0.15, -0.1) is 0 Å². The summed E-state index contributed by atoms with van der Waals surface area (Å²) in [5.41, 5.74) is 5.40. The van der Waals surface area contributed by atoms with Gasteiger partial charge < -0.3 is 10.5 Å². The number of ether oxygens (including phenoxy) is 1. The molecule has 1 heterocycles. The lowest BCUT2D eigenvalue weighted by atomic mass is 10.2. The molecule has 0 saturated heterocycles. The third-order valence-electron chi connectivity index (χ3n) is 1.38. The number of anilines is 1. The summed E-state index contributed by atoms with van der Waals surface area (Å²) >= 11 is 0. The molecule has 0 spiro atoms. The Balaban J connectivity index is 2.49. The van der Waals surface area contributed by atoms with Crippen LogP contribution in [-0.2, 0) is 11.5 Å². The molecular formula is C8H15N3O. The Kier molecular flexibility index (Phi) is 2.38. The van der Waals surface area contributed by atoms with Crippen LogP contribution < -0.4 is 5.73 Å². The Hall–Kier alpha value is -1.03. The molecule has 4 heteroatoms. The second kappa shape index (κ2) is 3.15. The zero-order valence-corrected chi connectivity index (χ0v) is 7.74. The van der Waals surface area contributed by atoms with Gasteiger partial charge in [0.25, 0.3) is 0 Å². The summed E-state index contributed by atoms with van der Waals surface area (Å²) in [4.78, 5) is 3.88. The van der Waals surface area contributed by atoms with Crippen LogP contribution in [0.1, 0.15) is 20.8 Å². The zero-order chi connectivity index (χ0) is 9.19. The zero-order valence-electron chi connectivity index (χ0n) is 7.74. The summed E-state index contributed by atoms with van der Waals surface area (Å²) in [5, 5.41) is 0. The van der Waals surface area contributed by atoms with Gasteiger partial charge >= 0.3 is 0 Å². The highest BCUT2D eigenvalue weighted by atomic mass is 16.5. The fourth-order valence-corrected chi connectivity index (χ4v) is 0.713. The molecule has 0 atom stereocenters. The predicted octanol–water partition coefficient (Wildman–Crippen LogP) is 1.24. The van der Waals surface area contributed by atoms with Crippen molar-refractivity contribution in [1.29, 1.82) is 0 Å². The van der Waals surface area contributed by atoms with Crippen LogP contribution in [0.3, 0.4) is 0 Å². The maximum absolute atomic E-state index is 5.54. The summed E-state index contributed by atoms with van der Waals surface area (Å²) in [7, 11) is 0. The van der Waals surface area contributed by atoms with Crippen LogP contribution in [-0.4, -0.2) is 15.2 Å². The summed E-state index contributed by atoms with van der Waals surface area (Å²) < 4.78 is 7.25. The number of nitrogens with two attached hydrogens (primary N) is 1. The standard InChI is InChI=1S/C8H15N3O/c1-8(2,3)12-6-11-5-4-10-7(11)9/h4-5H,6H2,1-3H3,(H2,9,10). The van der Waals surface area contributed by atoms with E-state index in [0.717, 1.165) is 0 Å². The van der Waals surface area contributed by atoms with Crippen molar-refractivity contribution in [3.63, 3.8) is 0 Å². The minimum Gasteiger partial charge on any atom is -0.369 e. The number of imidazole rings is 1. The number of nitrogen functional groups attached to an aromatic ring is 1. The molecule has 1 aromatic rings. The van der Waals surface area contributed by atoms with E-state index in [9.17, 15) is 0 Å². The largest absolute Gasteiger partial charge is 0.369 e. The molecule has 0 fully saturated rings. The van der Waals surface area contributed by atoms with Gasteiger partial charge in [-0.05, 0) is 20.8 Å². The average Bonchev–Trinajstić information content (AvgIpc) is 2.29. The van der Waals surface area contributed by atoms with Gasteiger partial charge in [0.05, 0.1) is 5.60 Å². The van der Waals surface area contributed by atoms with Crippen LogP contribution in [0, 0.1) is 0 Å². The SMILES string of the molecule is CC(C)(C)OCn1ccnc1N. The van der Waals surface area contributed by atoms with Crippen molar-refractivity contribution in [3.05, 3.63) is 12.4 Å². The smallest absolute Gasteiger partial charge is 0.202 e. The minimum atomic E-state index is -0.142. The number of hydrogen-bond acceptors (Lipinski definition) is 3. The van der Waals surface area contributed by atoms with E-state index in [1.807, 2.05) is 20.8 Å². The van der Waals surface area contributed by atoms with Crippen molar-refractivity contribution in [2.45, 2.75) is 33.1 Å². The van der Waals surface area contributed by atoms with Crippen LogP contribution >= 0.6 is 0 Å². The lowest BCUT2D eigenvalue weighted by molar-refractivity contribution is -0.0424. The van der Waals surface area contributed by atoms with Crippen LogP contribution in [0.25, 0.3) is 0 Å². The lowest BCUT2D eigenvalue weighted by Gasteiger charge is -2.19. The van der Waals surface area contributed by atoms with E-state index >= 15 is 0 Å². The molecule has 4 nitrogen and oxygen atoms in total. The van der Waals surface area contributed by atoms with E-state index in [1.165, 1.54) is 0 Å². The minimum absolute atomic E-state index is 0.142. The molecule has 0 aliphatic heterocycles. The first-order chi connectivity index (χ1) is 5.49. The Labute approximate surface area is 72.3 Å². The number of nitrogens with zero attached hydrogens (tertiary/aromatic N) is 2. The first-order valence-corrected chi connectivity index (χ1v) is 3.89. The Morgan fingerprint density at radius 1 is 1.58 bits per heavy atom. The lowest BCUT2D eigenvalue weighted by Crippen LogP contribution is -2.21. The molecule has 1 rings (SSSR count). The number of rotatable bonds is 2. The molecule has 68 valence electrons. The second-order valence-corrected chi connectivity index (χ2v) is 3.64. The average molecular weight is 169 g/mol. The Bertz CT molecular complexity index is 249. The number of aromatic nitrogens is 2. The topological polar surface area (TPSA) is 53.1 Å². The maximum atomic E-state index is 5.54. The monoisotopic (exact) mass is 169 g/mol. The van der Waals surface area contributed by atoms with Gasteiger partial charge in [0.1, 0.15) is 6.73 Å². The molecule has 0 radical (unpaired) electrons. The highest BCUT2D eigenvalue weighted by Gasteiger charge is 2.10. The van der Waals surface area contributed by atoms with Gasteiger partial charge in [-0.2, -0.15) is 0 Å². The van der Waals surface area contributed by atoms with E-state index in [4.69, 9.17) is 10.5 Å². The van der Waals surface area contributed by atoms with E-state index in [0.29, 0.717) is 12.7 Å². The van der Waals surface area contributed by atoms with Crippen molar-refractivity contribution in [1.82, 2.24) is 9.55 Å². The highest BCUT2D eigenvalue weighted by Crippen LogP contribution is 2.09. The van der Waals surface area contributed by atoms with E-state index in [1.54, 1.807) is 17.0 Å².